The molecule has 1 aromatic rings. The molecule has 1 aliphatic rings. The van der Waals surface area contributed by atoms with Crippen LogP contribution in [0.25, 0.3) is 0 Å². The highest BCUT2D eigenvalue weighted by Crippen LogP contribution is 2.25. The molecule has 1 fully saturated rings. The molecule has 2 rings (SSSR count). The van der Waals surface area contributed by atoms with Gasteiger partial charge in [-0.1, -0.05) is 51.1 Å². The lowest BCUT2D eigenvalue weighted by Gasteiger charge is -2.38. The molecule has 24 heavy (non-hydrogen) atoms. The van der Waals surface area contributed by atoms with Crippen molar-refractivity contribution in [3.63, 3.8) is 0 Å². The summed E-state index contributed by atoms with van der Waals surface area (Å²) in [6.07, 6.45) is 0. The largest absolute Gasteiger partial charge is 0.380 e. The molecule has 0 aliphatic carbocycles. The molecule has 1 heterocycles. The predicted molar refractivity (Wildman–Crippen MR) is 100 cm³/mol. The second-order valence-electron chi connectivity index (χ2n) is 6.76. The molecule has 0 aromatic heterocycles. The van der Waals surface area contributed by atoms with Crippen molar-refractivity contribution in [3.8, 4) is 0 Å². The molecule has 1 saturated heterocycles. The van der Waals surface area contributed by atoms with Gasteiger partial charge in [0.25, 0.3) is 0 Å². The SMILES string of the molecule is CCN(CC)C(CNC(=NC)NCC1(C)COC1)c1ccccc1. The maximum Gasteiger partial charge on any atom is 0.191 e. The van der Waals surface area contributed by atoms with Crippen molar-refractivity contribution in [2.24, 2.45) is 10.4 Å². The van der Waals surface area contributed by atoms with E-state index < -0.39 is 0 Å². The Kier molecular flexibility index (Phi) is 7.06. The summed E-state index contributed by atoms with van der Waals surface area (Å²) < 4.78 is 5.31. The molecule has 1 aromatic carbocycles. The van der Waals surface area contributed by atoms with Gasteiger partial charge in [-0.15, -0.1) is 0 Å². The number of benzene rings is 1. The molecular weight excluding hydrogens is 300 g/mol. The molecule has 0 radical (unpaired) electrons. The Hall–Kier alpha value is -1.59. The number of guanidine groups is 1. The smallest absolute Gasteiger partial charge is 0.191 e. The normalized spacial score (nSPS) is 18.1. The zero-order valence-corrected chi connectivity index (χ0v) is 15.5. The van der Waals surface area contributed by atoms with Crippen molar-refractivity contribution in [1.29, 1.82) is 0 Å². The molecule has 1 unspecified atom stereocenters. The summed E-state index contributed by atoms with van der Waals surface area (Å²) in [5.74, 6) is 0.858. The summed E-state index contributed by atoms with van der Waals surface area (Å²) in [6.45, 7) is 12.1. The van der Waals surface area contributed by atoms with Crippen LogP contribution in [0, 0.1) is 5.41 Å². The Morgan fingerprint density at radius 3 is 2.38 bits per heavy atom. The first kappa shape index (κ1) is 18.7. The molecule has 0 amide bonds. The quantitative estimate of drug-likeness (QED) is 0.566. The summed E-state index contributed by atoms with van der Waals surface area (Å²) in [7, 11) is 1.82. The van der Waals surface area contributed by atoms with Crippen LogP contribution in [0.4, 0.5) is 0 Å². The van der Waals surface area contributed by atoms with Crippen LogP contribution < -0.4 is 10.6 Å². The van der Waals surface area contributed by atoms with Crippen molar-refractivity contribution < 1.29 is 4.74 Å². The Morgan fingerprint density at radius 2 is 1.88 bits per heavy atom. The molecule has 0 saturated carbocycles. The lowest BCUT2D eigenvalue weighted by Crippen LogP contribution is -2.51. The van der Waals surface area contributed by atoms with Gasteiger partial charge >= 0.3 is 0 Å². The van der Waals surface area contributed by atoms with E-state index in [-0.39, 0.29) is 5.41 Å². The third-order valence-electron chi connectivity index (χ3n) is 4.71. The second-order valence-corrected chi connectivity index (χ2v) is 6.76. The van der Waals surface area contributed by atoms with Gasteiger partial charge in [0.2, 0.25) is 0 Å². The average molecular weight is 332 g/mol. The molecular formula is C19H32N4O. The highest BCUT2D eigenvalue weighted by atomic mass is 16.5. The number of likely N-dealkylation sites (N-methyl/N-ethyl adjacent to an activating group) is 1. The minimum atomic E-state index is 0.231. The van der Waals surface area contributed by atoms with Gasteiger partial charge < -0.3 is 15.4 Å². The first-order valence-electron chi connectivity index (χ1n) is 8.93. The lowest BCUT2D eigenvalue weighted by molar-refractivity contribution is -0.0971. The van der Waals surface area contributed by atoms with E-state index in [2.05, 4.69) is 71.6 Å². The highest BCUT2D eigenvalue weighted by Gasteiger charge is 2.33. The van der Waals surface area contributed by atoms with Crippen molar-refractivity contribution >= 4 is 5.96 Å². The minimum Gasteiger partial charge on any atom is -0.380 e. The molecule has 5 nitrogen and oxygen atoms in total. The minimum absolute atomic E-state index is 0.231. The summed E-state index contributed by atoms with van der Waals surface area (Å²) in [5, 5.41) is 6.93. The van der Waals surface area contributed by atoms with Crippen LogP contribution >= 0.6 is 0 Å². The molecule has 5 heteroatoms. The van der Waals surface area contributed by atoms with Crippen LogP contribution in [0.3, 0.4) is 0 Å². The molecule has 1 aliphatic heterocycles. The van der Waals surface area contributed by atoms with Gasteiger partial charge in [0.05, 0.1) is 19.3 Å². The number of hydrogen-bond donors (Lipinski definition) is 2. The van der Waals surface area contributed by atoms with Gasteiger partial charge in [-0.25, -0.2) is 0 Å². The number of nitrogens with zero attached hydrogens (tertiary/aromatic N) is 2. The first-order valence-corrected chi connectivity index (χ1v) is 8.93. The molecule has 0 bridgehead atoms. The van der Waals surface area contributed by atoms with Crippen molar-refractivity contribution in [2.45, 2.75) is 26.8 Å². The van der Waals surface area contributed by atoms with Crippen LogP contribution in [0.2, 0.25) is 0 Å². The fourth-order valence-corrected chi connectivity index (χ4v) is 3.06. The highest BCUT2D eigenvalue weighted by molar-refractivity contribution is 5.79. The molecule has 1 atom stereocenters. The monoisotopic (exact) mass is 332 g/mol. The number of hydrogen-bond acceptors (Lipinski definition) is 3. The first-order chi connectivity index (χ1) is 11.6. The third-order valence-corrected chi connectivity index (χ3v) is 4.71. The summed E-state index contributed by atoms with van der Waals surface area (Å²) in [5.41, 5.74) is 1.57. The van der Waals surface area contributed by atoms with E-state index in [0.29, 0.717) is 6.04 Å². The van der Waals surface area contributed by atoms with E-state index >= 15 is 0 Å². The van der Waals surface area contributed by atoms with Crippen LogP contribution in [-0.4, -0.2) is 57.3 Å². The van der Waals surface area contributed by atoms with Gasteiger partial charge in [-0.2, -0.15) is 0 Å². The van der Waals surface area contributed by atoms with E-state index in [0.717, 1.165) is 45.4 Å². The third kappa shape index (κ3) is 4.95. The van der Waals surface area contributed by atoms with E-state index in [1.807, 2.05) is 7.05 Å². The summed E-state index contributed by atoms with van der Waals surface area (Å²) in [6, 6.07) is 11.0. The van der Waals surface area contributed by atoms with Crippen LogP contribution in [0.1, 0.15) is 32.4 Å². The maximum absolute atomic E-state index is 5.31. The predicted octanol–water partition coefficient (Wildman–Crippen LogP) is 2.27. The maximum atomic E-state index is 5.31. The standard InChI is InChI=1S/C19H32N4O/c1-5-23(6-2)17(16-10-8-7-9-11-16)12-21-18(20-4)22-13-19(3)14-24-15-19/h7-11,17H,5-6,12-15H2,1-4H3,(H2,20,21,22). The van der Waals surface area contributed by atoms with Crippen LogP contribution in [0.5, 0.6) is 0 Å². The van der Waals surface area contributed by atoms with E-state index in [4.69, 9.17) is 4.74 Å². The van der Waals surface area contributed by atoms with Gasteiger partial charge in [0.15, 0.2) is 5.96 Å². The number of ether oxygens (including phenoxy) is 1. The number of rotatable bonds is 8. The van der Waals surface area contributed by atoms with E-state index in [1.54, 1.807) is 0 Å². The van der Waals surface area contributed by atoms with Crippen LogP contribution in [-0.2, 0) is 4.74 Å². The zero-order chi connectivity index (χ0) is 17.4. The number of nitrogens with one attached hydrogen (secondary N) is 2. The van der Waals surface area contributed by atoms with Gasteiger partial charge in [-0.05, 0) is 18.7 Å². The van der Waals surface area contributed by atoms with Crippen LogP contribution in [0.15, 0.2) is 35.3 Å². The Bertz CT molecular complexity index is 509. The Balaban J connectivity index is 1.95. The van der Waals surface area contributed by atoms with Gasteiger partial charge in [-0.3, -0.25) is 9.89 Å². The summed E-state index contributed by atoms with van der Waals surface area (Å²) >= 11 is 0. The van der Waals surface area contributed by atoms with Gasteiger partial charge in [0, 0.05) is 25.6 Å². The molecule has 2 N–H and O–H groups in total. The van der Waals surface area contributed by atoms with E-state index in [9.17, 15) is 0 Å². The van der Waals surface area contributed by atoms with Gasteiger partial charge in [0.1, 0.15) is 0 Å². The second kappa shape index (κ2) is 9.04. The van der Waals surface area contributed by atoms with Crippen molar-refractivity contribution in [3.05, 3.63) is 35.9 Å². The average Bonchev–Trinajstić information content (AvgIpc) is 2.60. The Labute approximate surface area is 146 Å². The van der Waals surface area contributed by atoms with Crippen molar-refractivity contribution in [2.75, 3.05) is 46.4 Å². The Morgan fingerprint density at radius 1 is 1.21 bits per heavy atom. The zero-order valence-electron chi connectivity index (χ0n) is 15.5. The molecule has 0 spiro atoms. The number of aliphatic imine (C=N–C) groups is 1. The lowest BCUT2D eigenvalue weighted by atomic mass is 9.89. The topological polar surface area (TPSA) is 48.9 Å². The molecule has 134 valence electrons. The summed E-state index contributed by atoms with van der Waals surface area (Å²) in [4.78, 5) is 6.83. The fraction of sp³-hybridized carbons (Fsp3) is 0.632. The van der Waals surface area contributed by atoms with Crippen molar-refractivity contribution in [1.82, 2.24) is 15.5 Å². The van der Waals surface area contributed by atoms with E-state index in [1.165, 1.54) is 5.56 Å². The fourth-order valence-electron chi connectivity index (χ4n) is 3.06.